The number of rotatable bonds is 18. The molecule has 0 saturated heterocycles. The maximum Gasteiger partial charge on any atom is 0.336 e. The second kappa shape index (κ2) is 17.9. The third kappa shape index (κ3) is 15.1. The quantitative estimate of drug-likeness (QED) is 0.208. The highest BCUT2D eigenvalue weighted by atomic mass is 16.5. The molecule has 0 saturated carbocycles. The number of aliphatic hydroxyl groups is 2. The van der Waals surface area contributed by atoms with Gasteiger partial charge in [0.05, 0.1) is 18.3 Å². The highest BCUT2D eigenvalue weighted by Crippen LogP contribution is 2.13. The number of unbranched alkanes of at least 4 members (excludes halogenated alkanes) is 11. The number of ether oxygens (including phenoxy) is 1. The lowest BCUT2D eigenvalue weighted by Gasteiger charge is -2.13. The van der Waals surface area contributed by atoms with Crippen LogP contribution in [0.3, 0.4) is 0 Å². The van der Waals surface area contributed by atoms with Crippen LogP contribution < -0.4 is 0 Å². The second-order valence-corrected chi connectivity index (χ2v) is 6.93. The minimum Gasteiger partial charge on any atom is -0.462 e. The van der Waals surface area contributed by atoms with Gasteiger partial charge in [-0.2, -0.15) is 0 Å². The molecule has 0 aromatic heterocycles. The summed E-state index contributed by atoms with van der Waals surface area (Å²) in [5, 5.41) is 18.6. The Bertz CT molecular complexity index is 328. The van der Waals surface area contributed by atoms with Crippen molar-refractivity contribution in [3.8, 4) is 0 Å². The van der Waals surface area contributed by atoms with Crippen LogP contribution in [0.1, 0.15) is 96.8 Å². The first-order valence-corrected chi connectivity index (χ1v) is 10.3. The highest BCUT2D eigenvalue weighted by Gasteiger charge is 2.17. The number of carbonyl (C=O) groups is 1. The van der Waals surface area contributed by atoms with Crippen molar-refractivity contribution in [3.63, 3.8) is 0 Å². The van der Waals surface area contributed by atoms with Crippen LogP contribution in [0.2, 0.25) is 0 Å². The molecular weight excluding hydrogens is 316 g/mol. The highest BCUT2D eigenvalue weighted by molar-refractivity contribution is 5.88. The molecule has 4 nitrogen and oxygen atoms in total. The van der Waals surface area contributed by atoms with E-state index in [1.165, 1.54) is 51.4 Å². The van der Waals surface area contributed by atoms with Crippen LogP contribution in [-0.2, 0) is 9.53 Å². The third-order valence-electron chi connectivity index (χ3n) is 4.53. The lowest BCUT2D eigenvalue weighted by atomic mass is 10.0. The standard InChI is InChI=1S/C21H40O4/c1-3-4-5-6-7-8-9-10-11-15-18-25-21(24)19(2)20(23)16-13-12-14-17-22/h20,22-23H,2-18H2,1H3. The van der Waals surface area contributed by atoms with E-state index in [0.29, 0.717) is 13.0 Å². The average molecular weight is 357 g/mol. The van der Waals surface area contributed by atoms with Gasteiger partial charge >= 0.3 is 5.97 Å². The lowest BCUT2D eigenvalue weighted by molar-refractivity contribution is -0.140. The molecule has 1 unspecified atom stereocenters. The topological polar surface area (TPSA) is 66.8 Å². The summed E-state index contributed by atoms with van der Waals surface area (Å²) in [6.45, 7) is 6.46. The summed E-state index contributed by atoms with van der Waals surface area (Å²) >= 11 is 0. The Balaban J connectivity index is 3.48. The fourth-order valence-electron chi connectivity index (χ4n) is 2.78. The molecule has 0 aliphatic rings. The molecule has 0 radical (unpaired) electrons. The number of hydrogen-bond acceptors (Lipinski definition) is 4. The van der Waals surface area contributed by atoms with Crippen LogP contribution in [0.4, 0.5) is 0 Å². The summed E-state index contributed by atoms with van der Waals surface area (Å²) in [4.78, 5) is 11.8. The van der Waals surface area contributed by atoms with Crippen molar-refractivity contribution in [2.45, 2.75) is 103 Å². The van der Waals surface area contributed by atoms with Gasteiger partial charge in [-0.25, -0.2) is 4.79 Å². The van der Waals surface area contributed by atoms with E-state index in [-0.39, 0.29) is 12.2 Å². The molecule has 0 aliphatic heterocycles. The minimum absolute atomic E-state index is 0.149. The van der Waals surface area contributed by atoms with Crippen LogP contribution in [0, 0.1) is 0 Å². The number of hydrogen-bond donors (Lipinski definition) is 2. The van der Waals surface area contributed by atoms with E-state index in [9.17, 15) is 9.90 Å². The van der Waals surface area contributed by atoms with Gasteiger partial charge in [-0.15, -0.1) is 0 Å². The van der Waals surface area contributed by atoms with Crippen molar-refractivity contribution in [1.29, 1.82) is 0 Å². The summed E-state index contributed by atoms with van der Waals surface area (Å²) in [5.41, 5.74) is 0.149. The molecule has 0 aliphatic carbocycles. The molecule has 0 bridgehead atoms. The number of aliphatic hydroxyl groups excluding tert-OH is 2. The Hall–Kier alpha value is -0.870. The van der Waals surface area contributed by atoms with Gasteiger partial charge in [0, 0.05) is 6.61 Å². The minimum atomic E-state index is -0.834. The van der Waals surface area contributed by atoms with Crippen molar-refractivity contribution in [1.82, 2.24) is 0 Å². The first-order valence-electron chi connectivity index (χ1n) is 10.3. The summed E-state index contributed by atoms with van der Waals surface area (Å²) in [6.07, 6.45) is 14.4. The molecule has 0 amide bonds. The Morgan fingerprint density at radius 3 is 1.96 bits per heavy atom. The Labute approximate surface area is 154 Å². The van der Waals surface area contributed by atoms with Gasteiger partial charge in [-0.1, -0.05) is 84.1 Å². The fraction of sp³-hybridized carbons (Fsp3) is 0.857. The Morgan fingerprint density at radius 1 is 0.880 bits per heavy atom. The van der Waals surface area contributed by atoms with Crippen molar-refractivity contribution in [2.24, 2.45) is 0 Å². The van der Waals surface area contributed by atoms with E-state index in [1.807, 2.05) is 0 Å². The number of carbonyl (C=O) groups excluding carboxylic acids is 1. The third-order valence-corrected chi connectivity index (χ3v) is 4.53. The van der Waals surface area contributed by atoms with Crippen LogP contribution in [0.25, 0.3) is 0 Å². The summed E-state index contributed by atoms with van der Waals surface area (Å²) in [7, 11) is 0. The molecule has 0 fully saturated rings. The average Bonchev–Trinajstić information content (AvgIpc) is 2.62. The molecule has 2 N–H and O–H groups in total. The molecule has 0 aromatic rings. The summed E-state index contributed by atoms with van der Waals surface area (Å²) in [5.74, 6) is -0.481. The Morgan fingerprint density at radius 2 is 1.40 bits per heavy atom. The molecule has 0 heterocycles. The first kappa shape index (κ1) is 24.1. The van der Waals surface area contributed by atoms with E-state index >= 15 is 0 Å². The van der Waals surface area contributed by atoms with Crippen LogP contribution in [0.15, 0.2) is 12.2 Å². The predicted molar refractivity (Wildman–Crippen MR) is 104 cm³/mol. The van der Waals surface area contributed by atoms with E-state index in [0.717, 1.165) is 32.1 Å². The van der Waals surface area contributed by atoms with Crippen LogP contribution >= 0.6 is 0 Å². The van der Waals surface area contributed by atoms with E-state index in [1.54, 1.807) is 0 Å². The van der Waals surface area contributed by atoms with Crippen molar-refractivity contribution in [3.05, 3.63) is 12.2 Å². The van der Waals surface area contributed by atoms with Gasteiger partial charge in [-0.3, -0.25) is 0 Å². The molecule has 0 rings (SSSR count). The zero-order chi connectivity index (χ0) is 18.8. The molecule has 4 heteroatoms. The first-order chi connectivity index (χ1) is 12.1. The molecule has 0 spiro atoms. The smallest absolute Gasteiger partial charge is 0.336 e. The van der Waals surface area contributed by atoms with E-state index in [2.05, 4.69) is 13.5 Å². The summed E-state index contributed by atoms with van der Waals surface area (Å²) < 4.78 is 5.19. The molecule has 0 aromatic carbocycles. The van der Waals surface area contributed by atoms with Gasteiger partial charge in [-0.05, 0) is 19.3 Å². The van der Waals surface area contributed by atoms with Crippen LogP contribution in [-0.4, -0.2) is 35.5 Å². The SMILES string of the molecule is C=C(C(=O)OCCCCCCCCCCCC)C(O)CCCCCO. The maximum absolute atomic E-state index is 11.8. The molecular formula is C21H40O4. The van der Waals surface area contributed by atoms with Gasteiger partial charge in [0.15, 0.2) is 0 Å². The van der Waals surface area contributed by atoms with Gasteiger partial charge in [0.2, 0.25) is 0 Å². The van der Waals surface area contributed by atoms with Gasteiger partial charge < -0.3 is 14.9 Å². The second-order valence-electron chi connectivity index (χ2n) is 6.93. The van der Waals surface area contributed by atoms with Crippen LogP contribution in [0.5, 0.6) is 0 Å². The zero-order valence-electron chi connectivity index (χ0n) is 16.3. The number of esters is 1. The fourth-order valence-corrected chi connectivity index (χ4v) is 2.78. The largest absolute Gasteiger partial charge is 0.462 e. The van der Waals surface area contributed by atoms with Crippen molar-refractivity contribution < 1.29 is 19.7 Å². The molecule has 25 heavy (non-hydrogen) atoms. The Kier molecular flexibility index (Phi) is 17.3. The summed E-state index contributed by atoms with van der Waals surface area (Å²) in [6, 6.07) is 0. The van der Waals surface area contributed by atoms with E-state index < -0.39 is 12.1 Å². The van der Waals surface area contributed by atoms with E-state index in [4.69, 9.17) is 9.84 Å². The zero-order valence-corrected chi connectivity index (χ0v) is 16.3. The monoisotopic (exact) mass is 356 g/mol. The van der Waals surface area contributed by atoms with Crippen molar-refractivity contribution in [2.75, 3.05) is 13.2 Å². The maximum atomic E-state index is 11.8. The van der Waals surface area contributed by atoms with Crippen molar-refractivity contribution >= 4 is 5.97 Å². The molecule has 148 valence electrons. The normalized spacial score (nSPS) is 12.1. The van der Waals surface area contributed by atoms with Gasteiger partial charge in [0.1, 0.15) is 0 Å². The lowest BCUT2D eigenvalue weighted by Crippen LogP contribution is -2.19. The predicted octanol–water partition coefficient (Wildman–Crippen LogP) is 4.92. The van der Waals surface area contributed by atoms with Gasteiger partial charge in [0.25, 0.3) is 0 Å². The molecule has 1 atom stereocenters.